The van der Waals surface area contributed by atoms with Crippen LogP contribution in [-0.4, -0.2) is 11.9 Å². The topological polar surface area (TPSA) is 59.8 Å². The molecular formula is C20H17NO4. The Morgan fingerprint density at radius 2 is 1.80 bits per heavy atom. The van der Waals surface area contributed by atoms with Crippen LogP contribution in [0.5, 0.6) is 0 Å². The number of ketones is 1. The first kappa shape index (κ1) is 15.6. The summed E-state index contributed by atoms with van der Waals surface area (Å²) in [5.74, 6) is -0.0615. The van der Waals surface area contributed by atoms with Crippen molar-refractivity contribution in [3.8, 4) is 0 Å². The molecule has 0 saturated carbocycles. The lowest BCUT2D eigenvalue weighted by molar-refractivity contribution is -0.126. The highest BCUT2D eigenvalue weighted by Crippen LogP contribution is 2.37. The number of para-hydroxylation sites is 2. The van der Waals surface area contributed by atoms with Crippen molar-refractivity contribution in [3.05, 3.63) is 76.6 Å². The Kier molecular flexibility index (Phi) is 3.86. The second-order valence-corrected chi connectivity index (χ2v) is 6.13. The Balaban J connectivity index is 1.82. The number of fused-ring (bicyclic) bond motifs is 1. The highest BCUT2D eigenvalue weighted by Gasteiger charge is 2.39. The third-order valence-corrected chi connectivity index (χ3v) is 4.49. The van der Waals surface area contributed by atoms with Crippen molar-refractivity contribution >= 4 is 22.4 Å². The third kappa shape index (κ3) is 2.72. The van der Waals surface area contributed by atoms with Crippen LogP contribution in [0, 0.1) is 0 Å². The van der Waals surface area contributed by atoms with Gasteiger partial charge in [0, 0.05) is 6.42 Å². The summed E-state index contributed by atoms with van der Waals surface area (Å²) >= 11 is 0. The van der Waals surface area contributed by atoms with Crippen molar-refractivity contribution in [3.63, 3.8) is 0 Å². The van der Waals surface area contributed by atoms with Crippen molar-refractivity contribution in [1.29, 1.82) is 0 Å². The van der Waals surface area contributed by atoms with E-state index in [9.17, 15) is 9.59 Å². The van der Waals surface area contributed by atoms with Gasteiger partial charge in [-0.15, -0.1) is 0 Å². The molecule has 1 saturated heterocycles. The van der Waals surface area contributed by atoms with E-state index >= 15 is 0 Å². The maximum Gasteiger partial charge on any atom is 0.198 e. The quantitative estimate of drug-likeness (QED) is 0.731. The fourth-order valence-corrected chi connectivity index (χ4v) is 3.18. The van der Waals surface area contributed by atoms with Gasteiger partial charge in [0.1, 0.15) is 18.0 Å². The number of rotatable bonds is 3. The first-order chi connectivity index (χ1) is 12.1. The maximum absolute atomic E-state index is 12.9. The van der Waals surface area contributed by atoms with Gasteiger partial charge in [-0.1, -0.05) is 30.3 Å². The van der Waals surface area contributed by atoms with Gasteiger partial charge < -0.3 is 4.42 Å². The Hall–Kier alpha value is -2.92. The first-order valence-electron chi connectivity index (χ1n) is 8.17. The summed E-state index contributed by atoms with van der Waals surface area (Å²) in [4.78, 5) is 30.6. The van der Waals surface area contributed by atoms with Crippen molar-refractivity contribution in [1.82, 2.24) is 0 Å². The largest absolute Gasteiger partial charge is 0.464 e. The summed E-state index contributed by atoms with van der Waals surface area (Å²) < 4.78 is 5.65. The van der Waals surface area contributed by atoms with Gasteiger partial charge in [0.15, 0.2) is 11.2 Å². The normalized spacial score (nSPS) is 20.1. The maximum atomic E-state index is 12.9. The molecule has 4 rings (SSSR count). The lowest BCUT2D eigenvalue weighted by Crippen LogP contribution is -2.26. The summed E-state index contributed by atoms with van der Waals surface area (Å²) in [6.45, 7) is 1.50. The van der Waals surface area contributed by atoms with Crippen molar-refractivity contribution < 1.29 is 14.0 Å². The van der Waals surface area contributed by atoms with E-state index in [0.29, 0.717) is 23.0 Å². The number of hydrogen-bond donors (Lipinski definition) is 0. The number of nitrogens with zero attached hydrogens (tertiary/aromatic N) is 1. The van der Waals surface area contributed by atoms with Crippen LogP contribution < -0.4 is 10.5 Å². The molecule has 2 heterocycles. The molecule has 0 aliphatic carbocycles. The zero-order chi connectivity index (χ0) is 17.4. The summed E-state index contributed by atoms with van der Waals surface area (Å²) in [5, 5.41) is 2.17. The molecule has 0 bridgehead atoms. The molecule has 0 N–H and O–H groups in total. The average molecular weight is 335 g/mol. The summed E-state index contributed by atoms with van der Waals surface area (Å²) in [5.41, 5.74) is 1.74. The van der Waals surface area contributed by atoms with E-state index < -0.39 is 6.10 Å². The van der Waals surface area contributed by atoms with Crippen LogP contribution in [0.3, 0.4) is 0 Å². The fourth-order valence-electron chi connectivity index (χ4n) is 3.18. The molecule has 126 valence electrons. The molecule has 0 radical (unpaired) electrons. The first-order valence-corrected chi connectivity index (χ1v) is 8.17. The number of benzene rings is 2. The van der Waals surface area contributed by atoms with Crippen molar-refractivity contribution in [2.75, 3.05) is 5.06 Å². The highest BCUT2D eigenvalue weighted by molar-refractivity contribution is 5.81. The number of anilines is 1. The van der Waals surface area contributed by atoms with Gasteiger partial charge in [-0.3, -0.25) is 14.4 Å². The van der Waals surface area contributed by atoms with E-state index in [-0.39, 0.29) is 17.3 Å². The minimum atomic E-state index is -0.573. The number of Topliss-reactive ketones (excluding diaryl/α,β-unsaturated/α-hetero) is 1. The molecule has 2 aromatic carbocycles. The van der Waals surface area contributed by atoms with Crippen LogP contribution in [0.2, 0.25) is 0 Å². The molecule has 0 spiro atoms. The predicted octanol–water partition coefficient (Wildman–Crippen LogP) is 3.63. The van der Waals surface area contributed by atoms with Crippen LogP contribution in [0.4, 0.5) is 5.69 Å². The molecule has 1 aliphatic rings. The van der Waals surface area contributed by atoms with E-state index in [0.717, 1.165) is 5.69 Å². The highest BCUT2D eigenvalue weighted by atomic mass is 16.7. The van der Waals surface area contributed by atoms with Gasteiger partial charge in [0.25, 0.3) is 0 Å². The van der Waals surface area contributed by atoms with Gasteiger partial charge in [0.05, 0.1) is 22.7 Å². The number of hydroxylamine groups is 1. The summed E-state index contributed by atoms with van der Waals surface area (Å²) in [6.07, 6.45) is 1.32. The monoisotopic (exact) mass is 335 g/mol. The Morgan fingerprint density at radius 1 is 1.08 bits per heavy atom. The van der Waals surface area contributed by atoms with Crippen LogP contribution >= 0.6 is 0 Å². The summed E-state index contributed by atoms with van der Waals surface area (Å²) in [6, 6.07) is 16.2. The molecule has 5 nitrogen and oxygen atoms in total. The second kappa shape index (κ2) is 6.18. The smallest absolute Gasteiger partial charge is 0.198 e. The van der Waals surface area contributed by atoms with Gasteiger partial charge in [-0.2, -0.15) is 0 Å². The Bertz CT molecular complexity index is 980. The zero-order valence-corrected chi connectivity index (χ0v) is 13.7. The van der Waals surface area contributed by atoms with E-state index in [1.165, 1.54) is 13.2 Å². The predicted molar refractivity (Wildman–Crippen MR) is 94.3 cm³/mol. The molecule has 2 atom stereocenters. The Morgan fingerprint density at radius 3 is 2.56 bits per heavy atom. The van der Waals surface area contributed by atoms with E-state index in [4.69, 9.17) is 9.25 Å². The van der Waals surface area contributed by atoms with Gasteiger partial charge in [0.2, 0.25) is 0 Å². The number of hydrogen-bond acceptors (Lipinski definition) is 5. The van der Waals surface area contributed by atoms with Gasteiger partial charge in [-0.05, 0) is 31.2 Å². The average Bonchev–Trinajstić information content (AvgIpc) is 3.08. The molecule has 0 amide bonds. The van der Waals surface area contributed by atoms with Crippen LogP contribution in [0.25, 0.3) is 11.0 Å². The standard InChI is InChI=1S/C20H17NO4/c1-13(22)19-11-17(21(25-19)14-7-3-2-4-8-14)16-12-24-18-10-6-5-9-15(18)20(16)23/h2-10,12,17,19H,11H2,1H3/t17-,19+/m0/s1. The van der Waals surface area contributed by atoms with Gasteiger partial charge in [-0.25, -0.2) is 5.06 Å². The molecule has 1 aliphatic heterocycles. The van der Waals surface area contributed by atoms with Crippen LogP contribution in [0.15, 0.2) is 70.1 Å². The minimum Gasteiger partial charge on any atom is -0.464 e. The van der Waals surface area contributed by atoms with Gasteiger partial charge >= 0.3 is 0 Å². The van der Waals surface area contributed by atoms with E-state index in [1.807, 2.05) is 42.5 Å². The van der Waals surface area contributed by atoms with E-state index in [1.54, 1.807) is 17.2 Å². The molecule has 1 aromatic heterocycles. The molecule has 3 aromatic rings. The second-order valence-electron chi connectivity index (χ2n) is 6.13. The molecular weight excluding hydrogens is 318 g/mol. The number of carbonyl (C=O) groups excluding carboxylic acids is 1. The third-order valence-electron chi connectivity index (χ3n) is 4.49. The Labute approximate surface area is 144 Å². The minimum absolute atomic E-state index is 0.0615. The fraction of sp³-hybridized carbons (Fsp3) is 0.200. The molecule has 25 heavy (non-hydrogen) atoms. The zero-order valence-electron chi connectivity index (χ0n) is 13.7. The molecule has 5 heteroatoms. The van der Waals surface area contributed by atoms with Crippen LogP contribution in [-0.2, 0) is 9.63 Å². The lowest BCUT2D eigenvalue weighted by Gasteiger charge is -2.24. The van der Waals surface area contributed by atoms with Crippen molar-refractivity contribution in [2.45, 2.75) is 25.5 Å². The SMILES string of the molecule is CC(=O)[C@H]1C[C@@H](c2coc3ccccc3c2=O)N(c2ccccc2)O1. The number of carbonyl (C=O) groups is 1. The molecule has 0 unspecified atom stereocenters. The lowest BCUT2D eigenvalue weighted by atomic mass is 10.00. The van der Waals surface area contributed by atoms with E-state index in [2.05, 4.69) is 0 Å². The molecule has 1 fully saturated rings. The van der Waals surface area contributed by atoms with Crippen LogP contribution in [0.1, 0.15) is 24.9 Å². The van der Waals surface area contributed by atoms with Crippen molar-refractivity contribution in [2.24, 2.45) is 0 Å². The summed E-state index contributed by atoms with van der Waals surface area (Å²) in [7, 11) is 0.